The Hall–Kier alpha value is -2.31. The molecular weight excluding hydrogens is 336 g/mol. The molecule has 0 fully saturated rings. The summed E-state index contributed by atoms with van der Waals surface area (Å²) >= 11 is 7.54. The zero-order valence-corrected chi connectivity index (χ0v) is 13.5. The van der Waals surface area contributed by atoms with Crippen molar-refractivity contribution in [3.05, 3.63) is 56.9 Å². The highest BCUT2D eigenvalue weighted by molar-refractivity contribution is 7.09. The molecule has 0 bridgehead atoms. The van der Waals surface area contributed by atoms with Crippen molar-refractivity contribution in [3.8, 4) is 0 Å². The van der Waals surface area contributed by atoms with Crippen molar-refractivity contribution in [3.63, 3.8) is 0 Å². The highest BCUT2D eigenvalue weighted by Gasteiger charge is 2.19. The van der Waals surface area contributed by atoms with Crippen LogP contribution in [-0.2, 0) is 17.8 Å². The Kier molecular flexibility index (Phi) is 4.36. The van der Waals surface area contributed by atoms with Gasteiger partial charge in [0.25, 0.3) is 0 Å². The van der Waals surface area contributed by atoms with Crippen molar-refractivity contribution in [2.75, 3.05) is 0 Å². The molecule has 2 heterocycles. The second-order valence-electron chi connectivity index (χ2n) is 5.01. The maximum absolute atomic E-state index is 12.2. The van der Waals surface area contributed by atoms with Gasteiger partial charge in [-0.05, 0) is 29.6 Å². The van der Waals surface area contributed by atoms with E-state index in [4.69, 9.17) is 11.6 Å². The number of thiophene rings is 1. The van der Waals surface area contributed by atoms with Gasteiger partial charge in [-0.25, -0.2) is 4.79 Å². The predicted molar refractivity (Wildman–Crippen MR) is 90.1 cm³/mol. The molecule has 0 saturated carbocycles. The number of hydrogen-bond acceptors (Lipinski definition) is 3. The van der Waals surface area contributed by atoms with Gasteiger partial charge in [-0.2, -0.15) is 0 Å². The van der Waals surface area contributed by atoms with Gasteiger partial charge in [-0.15, -0.1) is 11.3 Å². The summed E-state index contributed by atoms with van der Waals surface area (Å²) in [5.41, 5.74) is 1.11. The van der Waals surface area contributed by atoms with Gasteiger partial charge in [0, 0.05) is 26.4 Å². The average Bonchev–Trinajstić information content (AvgIpc) is 3.13. The van der Waals surface area contributed by atoms with Crippen LogP contribution in [0.4, 0.5) is 0 Å². The second-order valence-corrected chi connectivity index (χ2v) is 6.48. The van der Waals surface area contributed by atoms with Crippen molar-refractivity contribution in [2.45, 2.75) is 13.0 Å². The fraction of sp³-hybridized carbons (Fsp3) is 0.125. The third-order valence-electron chi connectivity index (χ3n) is 3.46. The van der Waals surface area contributed by atoms with Crippen molar-refractivity contribution in [2.24, 2.45) is 0 Å². The number of halogens is 1. The summed E-state index contributed by atoms with van der Waals surface area (Å²) < 4.78 is 0. The van der Waals surface area contributed by atoms with Gasteiger partial charge in [0.2, 0.25) is 5.91 Å². The summed E-state index contributed by atoms with van der Waals surface area (Å²) in [7, 11) is 0. The minimum absolute atomic E-state index is 0.0205. The fourth-order valence-corrected chi connectivity index (χ4v) is 3.22. The maximum atomic E-state index is 12.2. The first-order chi connectivity index (χ1) is 11.0. The number of H-pyrrole nitrogens is 1. The van der Waals surface area contributed by atoms with Crippen LogP contribution in [-0.4, -0.2) is 22.0 Å². The van der Waals surface area contributed by atoms with Crippen molar-refractivity contribution in [1.29, 1.82) is 0 Å². The molecule has 0 saturated heterocycles. The molecule has 1 amide bonds. The van der Waals surface area contributed by atoms with Crippen LogP contribution in [0.15, 0.2) is 35.7 Å². The van der Waals surface area contributed by atoms with Gasteiger partial charge in [0.15, 0.2) is 0 Å². The van der Waals surface area contributed by atoms with Gasteiger partial charge in [0.05, 0.1) is 13.0 Å². The quantitative estimate of drug-likeness (QED) is 0.660. The van der Waals surface area contributed by atoms with E-state index >= 15 is 0 Å². The fourth-order valence-electron chi connectivity index (χ4n) is 2.41. The van der Waals surface area contributed by atoms with Gasteiger partial charge in [-0.1, -0.05) is 17.7 Å². The Bertz CT molecular complexity index is 871. The minimum Gasteiger partial charge on any atom is -0.477 e. The minimum atomic E-state index is -1.10. The first-order valence-electron chi connectivity index (χ1n) is 6.87. The lowest BCUT2D eigenvalue weighted by molar-refractivity contribution is -0.120. The summed E-state index contributed by atoms with van der Waals surface area (Å²) in [5, 5.41) is 15.2. The lowest BCUT2D eigenvalue weighted by atomic mass is 10.1. The smallest absolute Gasteiger partial charge is 0.352 e. The number of aromatic nitrogens is 1. The first-order valence-corrected chi connectivity index (χ1v) is 8.13. The Morgan fingerprint density at radius 1 is 1.30 bits per heavy atom. The average molecular weight is 349 g/mol. The molecule has 0 atom stereocenters. The van der Waals surface area contributed by atoms with E-state index in [-0.39, 0.29) is 18.0 Å². The SMILES string of the molecule is O=C(Cc1c(C(=O)O)[nH]c2ccc(Cl)cc12)NCc1cccs1. The van der Waals surface area contributed by atoms with Crippen LogP contribution >= 0.6 is 22.9 Å². The number of carbonyl (C=O) groups excluding carboxylic acids is 1. The lowest BCUT2D eigenvalue weighted by Gasteiger charge is -2.04. The zero-order valence-electron chi connectivity index (χ0n) is 11.9. The molecule has 3 N–H and O–H groups in total. The summed E-state index contributed by atoms with van der Waals surface area (Å²) in [6, 6.07) is 8.89. The van der Waals surface area contributed by atoms with Gasteiger partial charge >= 0.3 is 5.97 Å². The van der Waals surface area contributed by atoms with Crippen LogP contribution in [0.1, 0.15) is 20.9 Å². The van der Waals surface area contributed by atoms with Gasteiger partial charge < -0.3 is 15.4 Å². The number of nitrogens with one attached hydrogen (secondary N) is 2. The molecule has 0 aliphatic rings. The lowest BCUT2D eigenvalue weighted by Crippen LogP contribution is -2.24. The topological polar surface area (TPSA) is 82.2 Å². The highest BCUT2D eigenvalue weighted by Crippen LogP contribution is 2.26. The van der Waals surface area contributed by atoms with E-state index in [1.807, 2.05) is 17.5 Å². The monoisotopic (exact) mass is 348 g/mol. The molecule has 118 valence electrons. The Balaban J connectivity index is 1.85. The van der Waals surface area contributed by atoms with E-state index in [9.17, 15) is 14.7 Å². The Labute approximate surface area is 140 Å². The van der Waals surface area contributed by atoms with Gasteiger partial charge in [0.1, 0.15) is 5.69 Å². The number of carbonyl (C=O) groups is 2. The van der Waals surface area contributed by atoms with E-state index in [0.29, 0.717) is 28.0 Å². The first kappa shape index (κ1) is 15.6. The molecule has 5 nitrogen and oxygen atoms in total. The number of aromatic amines is 1. The number of amides is 1. The standard InChI is InChI=1S/C16H13ClN2O3S/c17-9-3-4-13-11(6-9)12(15(19-13)16(21)22)7-14(20)18-8-10-2-1-5-23-10/h1-6,19H,7-8H2,(H,18,20)(H,21,22). The number of rotatable bonds is 5. The number of carboxylic acid groups (broad SMARTS) is 1. The third-order valence-corrected chi connectivity index (χ3v) is 4.57. The normalized spacial score (nSPS) is 10.8. The summed E-state index contributed by atoms with van der Waals surface area (Å²) in [6.45, 7) is 0.433. The third kappa shape index (κ3) is 3.38. The van der Waals surface area contributed by atoms with Crippen LogP contribution in [0.2, 0.25) is 5.02 Å². The Morgan fingerprint density at radius 3 is 2.83 bits per heavy atom. The molecule has 0 aliphatic carbocycles. The van der Waals surface area contributed by atoms with Crippen molar-refractivity contribution < 1.29 is 14.7 Å². The molecule has 2 aromatic heterocycles. The van der Waals surface area contributed by atoms with Crippen LogP contribution in [0.3, 0.4) is 0 Å². The predicted octanol–water partition coefficient (Wildman–Crippen LogP) is 3.44. The Morgan fingerprint density at radius 2 is 2.13 bits per heavy atom. The largest absolute Gasteiger partial charge is 0.477 e. The maximum Gasteiger partial charge on any atom is 0.352 e. The molecule has 7 heteroatoms. The van der Waals surface area contributed by atoms with E-state index < -0.39 is 5.97 Å². The number of hydrogen-bond donors (Lipinski definition) is 3. The molecule has 0 radical (unpaired) electrons. The molecule has 3 rings (SSSR count). The van der Waals surface area contributed by atoms with E-state index in [2.05, 4.69) is 10.3 Å². The number of benzene rings is 1. The zero-order chi connectivity index (χ0) is 16.4. The van der Waals surface area contributed by atoms with E-state index in [0.717, 1.165) is 4.88 Å². The van der Waals surface area contributed by atoms with Crippen molar-refractivity contribution >= 4 is 45.7 Å². The highest BCUT2D eigenvalue weighted by atomic mass is 35.5. The second kappa shape index (κ2) is 6.44. The molecule has 0 unspecified atom stereocenters. The molecule has 0 spiro atoms. The molecule has 23 heavy (non-hydrogen) atoms. The number of carboxylic acids is 1. The number of fused-ring (bicyclic) bond motifs is 1. The molecule has 1 aromatic carbocycles. The van der Waals surface area contributed by atoms with Crippen LogP contribution in [0.25, 0.3) is 10.9 Å². The van der Waals surface area contributed by atoms with Crippen molar-refractivity contribution in [1.82, 2.24) is 10.3 Å². The summed E-state index contributed by atoms with van der Waals surface area (Å²) in [5.74, 6) is -1.33. The van der Waals surface area contributed by atoms with Crippen LogP contribution in [0, 0.1) is 0 Å². The molecule has 0 aliphatic heterocycles. The number of aromatic carboxylic acids is 1. The van der Waals surface area contributed by atoms with Crippen LogP contribution in [0.5, 0.6) is 0 Å². The van der Waals surface area contributed by atoms with E-state index in [1.165, 1.54) is 0 Å². The summed E-state index contributed by atoms with van der Waals surface area (Å²) in [6.07, 6.45) is -0.0205. The van der Waals surface area contributed by atoms with Gasteiger partial charge in [-0.3, -0.25) is 4.79 Å². The molecular formula is C16H13ClN2O3S. The summed E-state index contributed by atoms with van der Waals surface area (Å²) in [4.78, 5) is 27.4. The van der Waals surface area contributed by atoms with E-state index in [1.54, 1.807) is 29.5 Å². The molecule has 3 aromatic rings. The van der Waals surface area contributed by atoms with Crippen LogP contribution < -0.4 is 5.32 Å².